The summed E-state index contributed by atoms with van der Waals surface area (Å²) in [4.78, 5) is 11.7. The van der Waals surface area contributed by atoms with E-state index in [1.54, 1.807) is 0 Å². The van der Waals surface area contributed by atoms with Crippen LogP contribution in [0.2, 0.25) is 19.6 Å². The molecule has 0 amide bonds. The fraction of sp³-hybridized carbons (Fsp3) is 0.400. The topological polar surface area (TPSA) is 35.5 Å². The van der Waals surface area contributed by atoms with Crippen molar-refractivity contribution in [3.05, 3.63) is 42.5 Å². The summed E-state index contributed by atoms with van der Waals surface area (Å²) < 4.78 is 10.9. The molecule has 4 heteroatoms. The number of esters is 1. The van der Waals surface area contributed by atoms with Crippen molar-refractivity contribution in [3.8, 4) is 0 Å². The zero-order valence-corrected chi connectivity index (χ0v) is 12.9. The summed E-state index contributed by atoms with van der Waals surface area (Å²) >= 11 is 0. The Morgan fingerprint density at radius 1 is 1.16 bits per heavy atom. The molecule has 0 bridgehead atoms. The van der Waals surface area contributed by atoms with Gasteiger partial charge in [-0.25, -0.2) is 4.79 Å². The minimum Gasteiger partial charge on any atom is -0.462 e. The molecule has 0 saturated heterocycles. The third-order valence-corrected chi connectivity index (χ3v) is 3.50. The fourth-order valence-electron chi connectivity index (χ4n) is 1.45. The molecular weight excluding hydrogens is 256 g/mol. The molecule has 0 aliphatic carbocycles. The lowest BCUT2D eigenvalue weighted by molar-refractivity contribution is -0.136. The monoisotopic (exact) mass is 278 g/mol. The van der Waals surface area contributed by atoms with Gasteiger partial charge < -0.3 is 9.16 Å². The van der Waals surface area contributed by atoms with E-state index in [9.17, 15) is 4.79 Å². The Labute approximate surface area is 116 Å². The Bertz CT molecular complexity index is 421. The van der Waals surface area contributed by atoms with Crippen LogP contribution in [-0.2, 0) is 14.0 Å². The van der Waals surface area contributed by atoms with Crippen molar-refractivity contribution in [2.45, 2.75) is 26.1 Å². The maximum Gasteiger partial charge on any atom is 0.338 e. The molecule has 0 aliphatic rings. The Kier molecular flexibility index (Phi) is 5.98. The summed E-state index contributed by atoms with van der Waals surface area (Å²) in [5.74, 6) is -0.362. The molecule has 1 rings (SSSR count). The second-order valence-corrected chi connectivity index (χ2v) is 9.81. The molecule has 0 spiro atoms. The van der Waals surface area contributed by atoms with Gasteiger partial charge in [0.1, 0.15) is 0 Å². The maximum absolute atomic E-state index is 11.7. The number of carbonyl (C=O) groups excluding carboxylic acids is 1. The van der Waals surface area contributed by atoms with Gasteiger partial charge in [0.05, 0.1) is 12.2 Å². The van der Waals surface area contributed by atoms with Crippen LogP contribution in [0.3, 0.4) is 0 Å². The largest absolute Gasteiger partial charge is 0.462 e. The second kappa shape index (κ2) is 7.26. The Morgan fingerprint density at radius 2 is 1.79 bits per heavy atom. The molecule has 0 heterocycles. The predicted octanol–water partition coefficient (Wildman–Crippen LogP) is 3.48. The summed E-state index contributed by atoms with van der Waals surface area (Å²) in [6, 6.07) is 9.33. The highest BCUT2D eigenvalue weighted by molar-refractivity contribution is 6.69. The summed E-state index contributed by atoms with van der Waals surface area (Å²) in [6.07, 6.45) is 0.720. The standard InChI is InChI=1S/C15H22O3Si/c1-13(14-9-6-5-7-10-14)15(16)17-11-8-12-18-19(2,3)4/h5-7,9-10H,1,8,11-12H2,2-4H3. The summed E-state index contributed by atoms with van der Waals surface area (Å²) in [5, 5.41) is 0. The van der Waals surface area contributed by atoms with Crippen molar-refractivity contribution in [1.82, 2.24) is 0 Å². The van der Waals surface area contributed by atoms with Crippen molar-refractivity contribution in [1.29, 1.82) is 0 Å². The van der Waals surface area contributed by atoms with Crippen LogP contribution < -0.4 is 0 Å². The molecule has 0 aromatic heterocycles. The molecule has 0 saturated carbocycles. The highest BCUT2D eigenvalue weighted by Gasteiger charge is 2.14. The number of benzene rings is 1. The fourth-order valence-corrected chi connectivity index (χ4v) is 2.20. The van der Waals surface area contributed by atoms with E-state index in [-0.39, 0.29) is 5.97 Å². The molecule has 19 heavy (non-hydrogen) atoms. The van der Waals surface area contributed by atoms with Crippen molar-refractivity contribution in [2.24, 2.45) is 0 Å². The van der Waals surface area contributed by atoms with Crippen LogP contribution >= 0.6 is 0 Å². The van der Waals surface area contributed by atoms with E-state index in [0.717, 1.165) is 12.0 Å². The maximum atomic E-state index is 11.7. The van der Waals surface area contributed by atoms with E-state index < -0.39 is 8.32 Å². The lowest BCUT2D eigenvalue weighted by Gasteiger charge is -2.16. The van der Waals surface area contributed by atoms with Crippen LogP contribution in [-0.4, -0.2) is 27.5 Å². The predicted molar refractivity (Wildman–Crippen MR) is 80.4 cm³/mol. The van der Waals surface area contributed by atoms with Gasteiger partial charge >= 0.3 is 5.97 Å². The third kappa shape index (κ3) is 6.36. The van der Waals surface area contributed by atoms with Crippen LogP contribution in [0.1, 0.15) is 12.0 Å². The molecule has 1 aromatic carbocycles. The van der Waals surface area contributed by atoms with Crippen LogP contribution in [0.4, 0.5) is 0 Å². The zero-order valence-electron chi connectivity index (χ0n) is 11.9. The summed E-state index contributed by atoms with van der Waals surface area (Å²) in [5.41, 5.74) is 1.19. The SMILES string of the molecule is C=C(C(=O)OCCCO[Si](C)(C)C)c1ccccc1. The number of ether oxygens (including phenoxy) is 1. The summed E-state index contributed by atoms with van der Waals surface area (Å²) in [7, 11) is -1.47. The van der Waals surface area contributed by atoms with Gasteiger partial charge in [-0.1, -0.05) is 36.9 Å². The average Bonchev–Trinajstić information content (AvgIpc) is 2.37. The zero-order chi connectivity index (χ0) is 14.3. The van der Waals surface area contributed by atoms with Crippen LogP contribution in [0, 0.1) is 0 Å². The van der Waals surface area contributed by atoms with E-state index >= 15 is 0 Å². The first-order valence-corrected chi connectivity index (χ1v) is 9.86. The molecule has 3 nitrogen and oxygen atoms in total. The van der Waals surface area contributed by atoms with Gasteiger partial charge in [0, 0.05) is 13.0 Å². The van der Waals surface area contributed by atoms with E-state index in [4.69, 9.17) is 9.16 Å². The molecule has 1 aromatic rings. The molecule has 0 radical (unpaired) electrons. The number of hydrogen-bond acceptors (Lipinski definition) is 3. The molecule has 0 N–H and O–H groups in total. The van der Waals surface area contributed by atoms with Gasteiger partial charge in [0.25, 0.3) is 0 Å². The van der Waals surface area contributed by atoms with Crippen molar-refractivity contribution >= 4 is 19.9 Å². The number of carbonyl (C=O) groups is 1. The van der Waals surface area contributed by atoms with Crippen molar-refractivity contribution in [3.63, 3.8) is 0 Å². The lowest BCUT2D eigenvalue weighted by atomic mass is 10.1. The van der Waals surface area contributed by atoms with Crippen molar-refractivity contribution < 1.29 is 14.0 Å². The number of hydrogen-bond donors (Lipinski definition) is 0. The Balaban J connectivity index is 2.27. The second-order valence-electron chi connectivity index (χ2n) is 5.29. The van der Waals surface area contributed by atoms with Gasteiger partial charge in [-0.15, -0.1) is 0 Å². The molecular formula is C15H22O3Si. The molecule has 104 valence electrons. The molecule has 0 unspecified atom stereocenters. The minimum absolute atomic E-state index is 0.362. The first-order chi connectivity index (χ1) is 8.90. The summed E-state index contributed by atoms with van der Waals surface area (Å²) in [6.45, 7) is 11.2. The Hall–Kier alpha value is -1.39. The van der Waals surface area contributed by atoms with Gasteiger partial charge in [-0.2, -0.15) is 0 Å². The van der Waals surface area contributed by atoms with Crippen LogP contribution in [0.15, 0.2) is 36.9 Å². The highest BCUT2D eigenvalue weighted by atomic mass is 28.4. The molecule has 0 atom stereocenters. The van der Waals surface area contributed by atoms with Crippen LogP contribution in [0.5, 0.6) is 0 Å². The third-order valence-electron chi connectivity index (χ3n) is 2.43. The molecule has 0 fully saturated rings. The highest BCUT2D eigenvalue weighted by Crippen LogP contribution is 2.13. The first kappa shape index (κ1) is 15.7. The van der Waals surface area contributed by atoms with E-state index in [2.05, 4.69) is 26.2 Å². The van der Waals surface area contributed by atoms with Crippen LogP contribution in [0.25, 0.3) is 5.57 Å². The van der Waals surface area contributed by atoms with Gasteiger partial charge in [-0.05, 0) is 25.2 Å². The van der Waals surface area contributed by atoms with Gasteiger partial charge in [0.2, 0.25) is 0 Å². The smallest absolute Gasteiger partial charge is 0.338 e. The minimum atomic E-state index is -1.47. The van der Waals surface area contributed by atoms with E-state index in [1.165, 1.54) is 0 Å². The number of rotatable bonds is 7. The van der Waals surface area contributed by atoms with Crippen molar-refractivity contribution in [2.75, 3.05) is 13.2 Å². The Morgan fingerprint density at radius 3 is 2.37 bits per heavy atom. The quantitative estimate of drug-likeness (QED) is 0.331. The first-order valence-electron chi connectivity index (χ1n) is 6.45. The van der Waals surface area contributed by atoms with Gasteiger partial charge in [0.15, 0.2) is 8.32 Å². The lowest BCUT2D eigenvalue weighted by Crippen LogP contribution is -2.26. The normalized spacial score (nSPS) is 11.1. The van der Waals surface area contributed by atoms with Gasteiger partial charge in [-0.3, -0.25) is 0 Å². The molecule has 0 aliphatic heterocycles. The van der Waals surface area contributed by atoms with E-state index in [0.29, 0.717) is 18.8 Å². The van der Waals surface area contributed by atoms with E-state index in [1.807, 2.05) is 30.3 Å². The average molecular weight is 278 g/mol.